The van der Waals surface area contributed by atoms with Crippen LogP contribution in [-0.2, 0) is 33.4 Å². The number of hydrogen-bond donors (Lipinski definition) is 5. The Morgan fingerprint density at radius 2 is 1.62 bits per heavy atom. The highest BCUT2D eigenvalue weighted by Gasteiger charge is 2.31. The molecule has 3 aromatic rings. The van der Waals surface area contributed by atoms with E-state index in [1.807, 2.05) is 30.3 Å². The van der Waals surface area contributed by atoms with Gasteiger partial charge in [0.05, 0.1) is 55.8 Å². The van der Waals surface area contributed by atoms with Gasteiger partial charge in [0.15, 0.2) is 5.78 Å². The molecule has 0 aliphatic rings. The molecule has 1 amide bonds. The molecule has 13 heteroatoms. The first kappa shape index (κ1) is 38.1. The Bertz CT molecular complexity index is 1480. The van der Waals surface area contributed by atoms with Crippen LogP contribution in [0, 0.1) is 5.92 Å². The number of hydrogen-bond acceptors (Lipinski definition) is 8. The number of carbonyl (C=O) groups excluding carboxylic acids is 3. The molecule has 0 aliphatic carbocycles. The number of halogens is 3. The number of fused-ring (bicyclic) bond motifs is 1. The van der Waals surface area contributed by atoms with Crippen molar-refractivity contribution in [3.8, 4) is 0 Å². The summed E-state index contributed by atoms with van der Waals surface area (Å²) in [7, 11) is 2.06. The van der Waals surface area contributed by atoms with Crippen molar-refractivity contribution in [1.82, 2.24) is 10.3 Å². The van der Waals surface area contributed by atoms with Crippen LogP contribution >= 0.6 is 12.6 Å². The maximum absolute atomic E-state index is 13.6. The minimum absolute atomic E-state index is 0.0298. The molecule has 0 radical (unpaired) electrons. The number of likely N-dealkylation sites (N-methyl/N-ethyl adjacent to an activating group) is 1. The number of carbonyl (C=O) groups is 3. The van der Waals surface area contributed by atoms with Crippen LogP contribution in [0.4, 0.5) is 13.2 Å². The van der Waals surface area contributed by atoms with Crippen molar-refractivity contribution < 1.29 is 32.0 Å². The van der Waals surface area contributed by atoms with E-state index in [0.717, 1.165) is 42.7 Å². The first-order valence-corrected chi connectivity index (χ1v) is 16.4. The molecule has 1 unspecified atom stereocenters. The number of Topliss-reactive ketones (excluding diaryl/α,β-unsaturated/α-hetero) is 2. The third-order valence-corrected chi connectivity index (χ3v) is 8.90. The van der Waals surface area contributed by atoms with E-state index in [0.29, 0.717) is 41.5 Å². The number of para-hydroxylation sites is 1. The number of nitrogens with one attached hydrogen (secondary N) is 1. The lowest BCUT2D eigenvalue weighted by Crippen LogP contribution is -2.51. The first-order valence-electron chi connectivity index (χ1n) is 15.7. The fourth-order valence-electron chi connectivity index (χ4n) is 5.59. The van der Waals surface area contributed by atoms with Gasteiger partial charge in [-0.3, -0.25) is 19.4 Å². The molecule has 7 N–H and O–H groups in total. The van der Waals surface area contributed by atoms with Crippen LogP contribution in [0.5, 0.6) is 0 Å². The molecule has 0 spiro atoms. The fraction of sp³-hybridized carbons (Fsp3) is 0.471. The molecule has 0 bridgehead atoms. The third kappa shape index (κ3) is 11.7. The minimum Gasteiger partial charge on any atom is -0.346 e. The Morgan fingerprint density at radius 1 is 0.957 bits per heavy atom. The molecule has 3 rings (SSSR count). The van der Waals surface area contributed by atoms with Gasteiger partial charge in [-0.25, -0.2) is 0 Å². The Morgan fingerprint density at radius 3 is 2.23 bits per heavy atom. The predicted octanol–water partition coefficient (Wildman–Crippen LogP) is 3.07. The smallest absolute Gasteiger partial charge is 0.346 e. The van der Waals surface area contributed by atoms with Crippen molar-refractivity contribution in [2.24, 2.45) is 23.1 Å². The maximum atomic E-state index is 13.6. The van der Waals surface area contributed by atoms with Crippen LogP contribution in [0.25, 0.3) is 10.9 Å². The number of quaternary nitrogens is 1. The number of amides is 1. The van der Waals surface area contributed by atoms with Crippen LogP contribution in [0.2, 0.25) is 0 Å². The van der Waals surface area contributed by atoms with E-state index in [9.17, 15) is 27.6 Å². The molecule has 2 aromatic carbocycles. The lowest BCUT2D eigenvalue weighted by molar-refractivity contribution is -0.907. The molecule has 0 aliphatic heterocycles. The van der Waals surface area contributed by atoms with Crippen molar-refractivity contribution >= 4 is 41.0 Å². The normalized spacial score (nSPS) is 14.0. The minimum atomic E-state index is -4.51. The summed E-state index contributed by atoms with van der Waals surface area (Å²) in [4.78, 5) is 44.5. The van der Waals surface area contributed by atoms with Crippen molar-refractivity contribution in [2.75, 3.05) is 45.5 Å². The van der Waals surface area contributed by atoms with Crippen LogP contribution < -0.4 is 22.5 Å². The number of nitrogens with zero attached hydrogens (tertiary/aromatic N) is 2. The van der Waals surface area contributed by atoms with Gasteiger partial charge in [0.2, 0.25) is 5.91 Å². The molecule has 47 heavy (non-hydrogen) atoms. The number of thiol groups is 1. The molecular formula is C34H46F3N6O3S+. The molecule has 0 saturated heterocycles. The Labute approximate surface area is 279 Å². The van der Waals surface area contributed by atoms with Crippen molar-refractivity contribution in [2.45, 2.75) is 50.4 Å². The molecule has 0 saturated carbocycles. The summed E-state index contributed by atoms with van der Waals surface area (Å²) >= 11 is 4.30. The average molecular weight is 676 g/mol. The first-order chi connectivity index (χ1) is 22.3. The summed E-state index contributed by atoms with van der Waals surface area (Å²) in [5, 5.41) is 3.60. The summed E-state index contributed by atoms with van der Waals surface area (Å²) in [5.41, 5.74) is 18.7. The molecule has 1 aromatic heterocycles. The van der Waals surface area contributed by atoms with Gasteiger partial charge in [0.1, 0.15) is 5.78 Å². The zero-order valence-electron chi connectivity index (χ0n) is 26.7. The Hall–Kier alpha value is -3.36. The summed E-state index contributed by atoms with van der Waals surface area (Å²) in [6.07, 6.45) is -2.09. The average Bonchev–Trinajstić information content (AvgIpc) is 3.03. The molecule has 3 atom stereocenters. The maximum Gasteiger partial charge on any atom is 0.416 e. The van der Waals surface area contributed by atoms with Crippen LogP contribution in [0.1, 0.15) is 36.0 Å². The van der Waals surface area contributed by atoms with Crippen LogP contribution in [0.15, 0.2) is 60.8 Å². The Balaban J connectivity index is 1.71. The van der Waals surface area contributed by atoms with Gasteiger partial charge < -0.3 is 27.0 Å². The van der Waals surface area contributed by atoms with Gasteiger partial charge >= 0.3 is 6.18 Å². The highest BCUT2D eigenvalue weighted by atomic mass is 32.1. The second-order valence-corrected chi connectivity index (χ2v) is 12.7. The van der Waals surface area contributed by atoms with Gasteiger partial charge in [-0.1, -0.05) is 30.3 Å². The fourth-order valence-corrected chi connectivity index (χ4v) is 5.88. The summed E-state index contributed by atoms with van der Waals surface area (Å²) in [6, 6.07) is 11.9. The number of nitrogens with two attached hydrogens (primary N) is 3. The summed E-state index contributed by atoms with van der Waals surface area (Å²) < 4.78 is 40.1. The lowest BCUT2D eigenvalue weighted by Gasteiger charge is -2.34. The lowest BCUT2D eigenvalue weighted by atomic mass is 9.94. The molecular weight excluding hydrogens is 629 g/mol. The quantitative estimate of drug-likeness (QED) is 0.0967. The van der Waals surface area contributed by atoms with E-state index in [-0.39, 0.29) is 36.6 Å². The zero-order chi connectivity index (χ0) is 34.6. The second kappa shape index (κ2) is 17.7. The van der Waals surface area contributed by atoms with E-state index >= 15 is 0 Å². The largest absolute Gasteiger partial charge is 0.416 e. The molecule has 256 valence electrons. The van der Waals surface area contributed by atoms with E-state index in [1.54, 1.807) is 6.20 Å². The SMILES string of the molecule is C[N+](CCN)(CCN)CCC[C@H](N)C(=O)C[C@H](CS)C(=O)NC(Cc1ccc(C(F)(F)F)cc1)C(=O)Cc1cnc2ccccc2c1. The number of alkyl halides is 3. The van der Waals surface area contributed by atoms with E-state index in [4.69, 9.17) is 17.2 Å². The number of ketones is 2. The standard InChI is InChI=1S/C34H45F3N6O3S/c1-43(15-12-38,16-13-39)14-4-6-28(40)31(44)20-26(22-47)33(46)42-30(18-23-8-10-27(11-9-23)34(35,36)37)32(45)19-24-17-25-5-2-3-7-29(25)41-21-24/h2-3,5,7-11,17,21,26,28,30H,4,6,12-16,18-20,22,38-40H2,1H3,(H-,42,46,47)/p+1/t26-,28+,30?/m1/s1. The number of benzene rings is 2. The number of aromatic nitrogens is 1. The van der Waals surface area contributed by atoms with Crippen LogP contribution in [-0.4, -0.2) is 84.5 Å². The van der Waals surface area contributed by atoms with Gasteiger partial charge in [0.25, 0.3) is 0 Å². The van der Waals surface area contributed by atoms with Gasteiger partial charge in [-0.15, -0.1) is 0 Å². The monoisotopic (exact) mass is 675 g/mol. The van der Waals surface area contributed by atoms with Crippen molar-refractivity contribution in [1.29, 1.82) is 0 Å². The van der Waals surface area contributed by atoms with Crippen molar-refractivity contribution in [3.63, 3.8) is 0 Å². The summed E-state index contributed by atoms with van der Waals surface area (Å²) in [6.45, 7) is 3.30. The van der Waals surface area contributed by atoms with E-state index in [1.165, 1.54) is 12.1 Å². The van der Waals surface area contributed by atoms with Gasteiger partial charge in [-0.2, -0.15) is 25.8 Å². The topological polar surface area (TPSA) is 154 Å². The third-order valence-electron chi connectivity index (χ3n) is 8.45. The zero-order valence-corrected chi connectivity index (χ0v) is 27.6. The van der Waals surface area contributed by atoms with Crippen molar-refractivity contribution in [3.05, 3.63) is 77.5 Å². The Kier molecular flexibility index (Phi) is 14.3. The molecule has 1 heterocycles. The molecule has 9 nitrogen and oxygen atoms in total. The summed E-state index contributed by atoms with van der Waals surface area (Å²) in [5.74, 6) is -2.04. The van der Waals surface area contributed by atoms with Gasteiger partial charge in [0, 0.05) is 43.3 Å². The molecule has 0 fully saturated rings. The number of pyridine rings is 1. The number of rotatable bonds is 19. The highest BCUT2D eigenvalue weighted by molar-refractivity contribution is 7.80. The predicted molar refractivity (Wildman–Crippen MR) is 181 cm³/mol. The highest BCUT2D eigenvalue weighted by Crippen LogP contribution is 2.29. The van der Waals surface area contributed by atoms with Crippen LogP contribution in [0.3, 0.4) is 0 Å². The second-order valence-electron chi connectivity index (χ2n) is 12.3. The van der Waals surface area contributed by atoms with Gasteiger partial charge in [-0.05, 0) is 54.7 Å². The van der Waals surface area contributed by atoms with E-state index in [2.05, 4.69) is 30.0 Å². The van der Waals surface area contributed by atoms with E-state index < -0.39 is 35.6 Å².